The Balaban J connectivity index is 2.93. The number of hydrogen-bond donors (Lipinski definition) is 1. The maximum atomic E-state index is 6.05. The Labute approximate surface area is 114 Å². The first-order valence-electron chi connectivity index (χ1n) is 6.44. The van der Waals surface area contributed by atoms with Gasteiger partial charge in [-0.05, 0) is 56.2 Å². The lowest BCUT2D eigenvalue weighted by Crippen LogP contribution is -2.34. The molecule has 1 aromatic rings. The van der Waals surface area contributed by atoms with E-state index in [1.165, 1.54) is 28.4 Å². The van der Waals surface area contributed by atoms with Crippen LogP contribution in [-0.4, -0.2) is 5.54 Å². The molecule has 1 nitrogen and oxygen atoms in total. The van der Waals surface area contributed by atoms with Gasteiger partial charge in [0.15, 0.2) is 0 Å². The highest BCUT2D eigenvalue weighted by atomic mass is 79.9. The van der Waals surface area contributed by atoms with Gasteiger partial charge >= 0.3 is 0 Å². The van der Waals surface area contributed by atoms with Crippen molar-refractivity contribution in [1.82, 2.24) is 0 Å². The zero-order valence-corrected chi connectivity index (χ0v) is 13.0. The van der Waals surface area contributed by atoms with E-state index in [1.807, 2.05) is 0 Å². The average molecular weight is 298 g/mol. The summed E-state index contributed by atoms with van der Waals surface area (Å²) in [6.45, 7) is 8.63. The second-order valence-corrected chi connectivity index (χ2v) is 6.39. The molecule has 0 bridgehead atoms. The second kappa shape index (κ2) is 6.01. The number of nitrogens with two attached hydrogens (primary N) is 1. The summed E-state index contributed by atoms with van der Waals surface area (Å²) in [7, 11) is 0. The molecule has 0 unspecified atom stereocenters. The summed E-state index contributed by atoms with van der Waals surface area (Å²) >= 11 is 3.70. The molecule has 0 heterocycles. The monoisotopic (exact) mass is 297 g/mol. The van der Waals surface area contributed by atoms with Crippen LogP contribution in [0.5, 0.6) is 0 Å². The Hall–Kier alpha value is -0.340. The normalized spacial score (nSPS) is 12.2. The van der Waals surface area contributed by atoms with Crippen LogP contribution in [0.1, 0.15) is 57.6 Å². The lowest BCUT2D eigenvalue weighted by molar-refractivity contribution is 0.516. The predicted octanol–water partition coefficient (Wildman–Crippen LogP) is 4.63. The van der Waals surface area contributed by atoms with Gasteiger partial charge in [-0.15, -0.1) is 0 Å². The van der Waals surface area contributed by atoms with Crippen LogP contribution in [0.15, 0.2) is 22.7 Å². The van der Waals surface area contributed by atoms with Gasteiger partial charge in [-0.25, -0.2) is 0 Å². The van der Waals surface area contributed by atoms with Crippen LogP contribution in [0.3, 0.4) is 0 Å². The number of halogens is 1. The molecule has 0 aliphatic rings. The quantitative estimate of drug-likeness (QED) is 0.842. The lowest BCUT2D eigenvalue weighted by atomic mass is 9.91. The van der Waals surface area contributed by atoms with Gasteiger partial charge in [-0.3, -0.25) is 0 Å². The minimum absolute atomic E-state index is 0.143. The third kappa shape index (κ3) is 4.44. The molecule has 96 valence electrons. The van der Waals surface area contributed by atoms with Gasteiger partial charge in [-0.2, -0.15) is 0 Å². The van der Waals surface area contributed by atoms with Gasteiger partial charge in [0, 0.05) is 10.0 Å². The van der Waals surface area contributed by atoms with E-state index in [1.54, 1.807) is 0 Å². The minimum atomic E-state index is -0.143. The van der Waals surface area contributed by atoms with E-state index in [9.17, 15) is 0 Å². The summed E-state index contributed by atoms with van der Waals surface area (Å²) < 4.78 is 1.23. The molecule has 0 saturated heterocycles. The first-order valence-corrected chi connectivity index (χ1v) is 7.24. The average Bonchev–Trinajstić information content (AvgIpc) is 2.20. The van der Waals surface area contributed by atoms with Crippen molar-refractivity contribution in [3.63, 3.8) is 0 Å². The van der Waals surface area contributed by atoms with Gasteiger partial charge in [0.2, 0.25) is 0 Å². The zero-order valence-electron chi connectivity index (χ0n) is 11.4. The van der Waals surface area contributed by atoms with Crippen LogP contribution < -0.4 is 5.73 Å². The Bertz CT molecular complexity index is 362. The molecule has 0 fully saturated rings. The Kier molecular flexibility index (Phi) is 5.21. The molecule has 1 aromatic carbocycles. The molecule has 17 heavy (non-hydrogen) atoms. The molecule has 0 amide bonds. The Morgan fingerprint density at radius 2 is 1.82 bits per heavy atom. The third-order valence-corrected chi connectivity index (χ3v) is 3.84. The van der Waals surface area contributed by atoms with Gasteiger partial charge in [0.25, 0.3) is 0 Å². The van der Waals surface area contributed by atoms with E-state index < -0.39 is 0 Å². The zero-order chi connectivity index (χ0) is 13.1. The number of benzene rings is 1. The molecule has 2 N–H and O–H groups in total. The van der Waals surface area contributed by atoms with Crippen molar-refractivity contribution in [2.24, 2.45) is 5.73 Å². The fraction of sp³-hybridized carbons (Fsp3) is 0.600. The Morgan fingerprint density at radius 3 is 2.24 bits per heavy atom. The van der Waals surface area contributed by atoms with E-state index in [2.05, 4.69) is 61.8 Å². The third-order valence-electron chi connectivity index (χ3n) is 3.15. The van der Waals surface area contributed by atoms with Crippen molar-refractivity contribution in [2.45, 2.75) is 58.4 Å². The second-order valence-electron chi connectivity index (χ2n) is 5.53. The van der Waals surface area contributed by atoms with Crippen LogP contribution in [0.2, 0.25) is 0 Å². The van der Waals surface area contributed by atoms with Crippen molar-refractivity contribution < 1.29 is 0 Å². The molecule has 0 atom stereocenters. The summed E-state index contributed by atoms with van der Waals surface area (Å²) in [6.07, 6.45) is 3.29. The van der Waals surface area contributed by atoms with E-state index in [0.29, 0.717) is 5.92 Å². The molecular weight excluding hydrogens is 274 g/mol. The number of hydrogen-bond acceptors (Lipinski definition) is 1. The highest BCUT2D eigenvalue weighted by Crippen LogP contribution is 2.31. The fourth-order valence-electron chi connectivity index (χ4n) is 2.27. The van der Waals surface area contributed by atoms with E-state index in [4.69, 9.17) is 5.73 Å². The summed E-state index contributed by atoms with van der Waals surface area (Å²) in [5.41, 5.74) is 8.64. The van der Waals surface area contributed by atoms with Crippen LogP contribution in [0.4, 0.5) is 0 Å². The molecule has 0 aliphatic carbocycles. The predicted molar refractivity (Wildman–Crippen MR) is 79.4 cm³/mol. The molecule has 0 aliphatic heterocycles. The Morgan fingerprint density at radius 1 is 1.24 bits per heavy atom. The van der Waals surface area contributed by atoms with Gasteiger partial charge in [-0.1, -0.05) is 41.9 Å². The summed E-state index contributed by atoms with van der Waals surface area (Å²) in [6, 6.07) is 6.69. The van der Waals surface area contributed by atoms with Crippen molar-refractivity contribution in [3.8, 4) is 0 Å². The van der Waals surface area contributed by atoms with Crippen LogP contribution in [-0.2, 0) is 6.42 Å². The van der Waals surface area contributed by atoms with Crippen molar-refractivity contribution in [1.29, 1.82) is 0 Å². The van der Waals surface area contributed by atoms with Gasteiger partial charge in [0.1, 0.15) is 0 Å². The van der Waals surface area contributed by atoms with Gasteiger partial charge in [0.05, 0.1) is 0 Å². The summed E-state index contributed by atoms with van der Waals surface area (Å²) in [5.74, 6) is 0.657. The summed E-state index contributed by atoms with van der Waals surface area (Å²) in [5, 5.41) is 0. The molecule has 0 aromatic heterocycles. The summed E-state index contributed by atoms with van der Waals surface area (Å²) in [4.78, 5) is 0. The maximum absolute atomic E-state index is 6.05. The first kappa shape index (κ1) is 14.7. The molecule has 1 rings (SSSR count). The first-order chi connectivity index (χ1) is 7.87. The SMILES string of the molecule is CCC(CC)c1ccc(CC(C)(C)N)cc1Br. The van der Waals surface area contributed by atoms with E-state index in [-0.39, 0.29) is 5.54 Å². The van der Waals surface area contributed by atoms with Crippen LogP contribution >= 0.6 is 15.9 Å². The van der Waals surface area contributed by atoms with E-state index >= 15 is 0 Å². The fourth-order valence-corrected chi connectivity index (χ4v) is 3.02. The van der Waals surface area contributed by atoms with Crippen molar-refractivity contribution >= 4 is 15.9 Å². The van der Waals surface area contributed by atoms with E-state index in [0.717, 1.165) is 6.42 Å². The highest BCUT2D eigenvalue weighted by Gasteiger charge is 2.15. The standard InChI is InChI=1S/C15H24BrN/c1-5-12(6-2)13-8-7-11(9-14(13)16)10-15(3,4)17/h7-9,12H,5-6,10,17H2,1-4H3. The minimum Gasteiger partial charge on any atom is -0.325 e. The van der Waals surface area contributed by atoms with Crippen molar-refractivity contribution in [3.05, 3.63) is 33.8 Å². The van der Waals surface area contributed by atoms with Crippen molar-refractivity contribution in [2.75, 3.05) is 0 Å². The smallest absolute Gasteiger partial charge is 0.0212 e. The number of rotatable bonds is 5. The lowest BCUT2D eigenvalue weighted by Gasteiger charge is -2.20. The molecular formula is C15H24BrN. The largest absolute Gasteiger partial charge is 0.325 e. The van der Waals surface area contributed by atoms with Crippen LogP contribution in [0, 0.1) is 0 Å². The molecule has 2 heteroatoms. The molecule has 0 saturated carbocycles. The van der Waals surface area contributed by atoms with Gasteiger partial charge < -0.3 is 5.73 Å². The highest BCUT2D eigenvalue weighted by molar-refractivity contribution is 9.10. The maximum Gasteiger partial charge on any atom is 0.0212 e. The molecule has 0 spiro atoms. The topological polar surface area (TPSA) is 26.0 Å². The molecule has 0 radical (unpaired) electrons. The van der Waals surface area contributed by atoms with Crippen LogP contribution in [0.25, 0.3) is 0 Å².